The van der Waals surface area contributed by atoms with Gasteiger partial charge >= 0.3 is 17.6 Å². The maximum atomic E-state index is 5.90. The van der Waals surface area contributed by atoms with Crippen LogP contribution in [0.5, 0.6) is 0 Å². The fraction of sp³-hybridized carbons (Fsp3) is 0.895. The van der Waals surface area contributed by atoms with E-state index in [0.717, 1.165) is 18.4 Å². The largest absolute Gasteiger partial charge is 0.528 e. The SMILES string of the molecule is C=C[Si](OC)(OC)OC.CCO[Si](CCC1CCC2OC2C1)(OCC)OCC. The number of hydrogen-bond donors (Lipinski definition) is 0. The molecule has 3 unspecified atom stereocenters. The van der Waals surface area contributed by atoms with Crippen LogP contribution in [0.2, 0.25) is 6.04 Å². The average molecular weight is 437 g/mol. The molecule has 3 atom stereocenters. The lowest BCUT2D eigenvalue weighted by atomic mass is 9.88. The molecule has 0 aromatic heterocycles. The Morgan fingerprint density at radius 1 is 0.893 bits per heavy atom. The van der Waals surface area contributed by atoms with E-state index in [-0.39, 0.29) is 0 Å². The van der Waals surface area contributed by atoms with Gasteiger partial charge in [0.05, 0.1) is 12.2 Å². The first-order valence-electron chi connectivity index (χ1n) is 10.3. The second-order valence-corrected chi connectivity index (χ2v) is 12.4. The fourth-order valence-electron chi connectivity index (χ4n) is 3.63. The van der Waals surface area contributed by atoms with Gasteiger partial charge in [0.15, 0.2) is 0 Å². The minimum atomic E-state index is -2.43. The lowest BCUT2D eigenvalue weighted by molar-refractivity contribution is 0.0691. The van der Waals surface area contributed by atoms with E-state index in [1.807, 2.05) is 20.8 Å². The van der Waals surface area contributed by atoms with Crippen molar-refractivity contribution in [2.75, 3.05) is 41.2 Å². The monoisotopic (exact) mass is 436 g/mol. The highest BCUT2D eigenvalue weighted by Crippen LogP contribution is 2.41. The Hall–Kier alpha value is -0.106. The first kappa shape index (κ1) is 25.9. The minimum Gasteiger partial charge on any atom is -0.374 e. The van der Waals surface area contributed by atoms with Crippen LogP contribution in [-0.2, 0) is 31.3 Å². The summed E-state index contributed by atoms with van der Waals surface area (Å²) in [6.45, 7) is 11.6. The van der Waals surface area contributed by atoms with Crippen LogP contribution in [0.1, 0.15) is 46.5 Å². The predicted octanol–water partition coefficient (Wildman–Crippen LogP) is 3.58. The van der Waals surface area contributed by atoms with Gasteiger partial charge in [-0.05, 0) is 58.1 Å². The molecule has 166 valence electrons. The molecule has 0 amide bonds. The highest BCUT2D eigenvalue weighted by Gasteiger charge is 2.46. The van der Waals surface area contributed by atoms with Gasteiger partial charge < -0.3 is 31.3 Å². The number of ether oxygens (including phenoxy) is 1. The molecule has 0 N–H and O–H groups in total. The van der Waals surface area contributed by atoms with Gasteiger partial charge in [-0.3, -0.25) is 0 Å². The van der Waals surface area contributed by atoms with E-state index in [1.165, 1.54) is 19.3 Å². The van der Waals surface area contributed by atoms with Crippen molar-refractivity contribution in [3.05, 3.63) is 12.3 Å². The number of hydrogen-bond acceptors (Lipinski definition) is 7. The Morgan fingerprint density at radius 2 is 1.43 bits per heavy atom. The average Bonchev–Trinajstić information content (AvgIpc) is 3.49. The molecule has 1 aliphatic carbocycles. The van der Waals surface area contributed by atoms with Crippen LogP contribution in [0.15, 0.2) is 12.3 Å². The molecule has 28 heavy (non-hydrogen) atoms. The molecule has 1 aliphatic heterocycles. The zero-order valence-electron chi connectivity index (χ0n) is 18.5. The van der Waals surface area contributed by atoms with E-state index in [9.17, 15) is 0 Å². The number of epoxide rings is 1. The van der Waals surface area contributed by atoms with Crippen molar-refractivity contribution in [2.45, 2.75) is 64.7 Å². The van der Waals surface area contributed by atoms with Crippen LogP contribution in [0.3, 0.4) is 0 Å². The second-order valence-electron chi connectivity index (χ2n) is 6.83. The first-order chi connectivity index (χ1) is 13.5. The van der Waals surface area contributed by atoms with Gasteiger partial charge in [0, 0.05) is 47.2 Å². The van der Waals surface area contributed by atoms with Crippen molar-refractivity contribution in [3.63, 3.8) is 0 Å². The van der Waals surface area contributed by atoms with Gasteiger partial charge in [-0.25, -0.2) is 0 Å². The molecule has 1 saturated heterocycles. The quantitative estimate of drug-likeness (QED) is 0.323. The molecule has 9 heteroatoms. The summed E-state index contributed by atoms with van der Waals surface area (Å²) in [5.74, 6) is 0.761. The Kier molecular flexibility index (Phi) is 12.3. The maximum Gasteiger partial charge on any atom is 0.528 e. The molecule has 7 nitrogen and oxygen atoms in total. The molecule has 0 aromatic rings. The van der Waals surface area contributed by atoms with Crippen molar-refractivity contribution in [3.8, 4) is 0 Å². The molecule has 1 heterocycles. The molecular formula is C19H40O7Si2. The molecule has 0 radical (unpaired) electrons. The van der Waals surface area contributed by atoms with E-state index in [1.54, 1.807) is 27.0 Å². The summed E-state index contributed by atoms with van der Waals surface area (Å²) in [4.78, 5) is 0. The Morgan fingerprint density at radius 3 is 1.79 bits per heavy atom. The zero-order valence-corrected chi connectivity index (χ0v) is 20.5. The molecule has 0 spiro atoms. The van der Waals surface area contributed by atoms with Crippen molar-refractivity contribution in [2.24, 2.45) is 5.92 Å². The van der Waals surface area contributed by atoms with E-state index < -0.39 is 17.6 Å². The second kappa shape index (κ2) is 13.2. The fourth-order valence-corrected chi connectivity index (χ4v) is 7.40. The van der Waals surface area contributed by atoms with Crippen molar-refractivity contribution in [1.82, 2.24) is 0 Å². The van der Waals surface area contributed by atoms with Crippen molar-refractivity contribution >= 4 is 17.6 Å². The zero-order chi connectivity index (χ0) is 21.0. The smallest absolute Gasteiger partial charge is 0.374 e. The van der Waals surface area contributed by atoms with Gasteiger partial charge in [-0.15, -0.1) is 0 Å². The third-order valence-corrected chi connectivity index (χ3v) is 10.5. The van der Waals surface area contributed by atoms with Crippen LogP contribution >= 0.6 is 0 Å². The third-order valence-electron chi connectivity index (χ3n) is 5.17. The van der Waals surface area contributed by atoms with Gasteiger partial charge in [0.25, 0.3) is 0 Å². The van der Waals surface area contributed by atoms with Crippen molar-refractivity contribution < 1.29 is 31.3 Å². The molecule has 2 rings (SSSR count). The van der Waals surface area contributed by atoms with E-state index >= 15 is 0 Å². The Balaban J connectivity index is 0.000000370. The molecular weight excluding hydrogens is 396 g/mol. The summed E-state index contributed by atoms with van der Waals surface area (Å²) in [6, 6.07) is 0.949. The van der Waals surface area contributed by atoms with Gasteiger partial charge in [0.1, 0.15) is 0 Å². The van der Waals surface area contributed by atoms with Crippen LogP contribution in [0, 0.1) is 5.92 Å². The van der Waals surface area contributed by atoms with Gasteiger partial charge in [0.2, 0.25) is 0 Å². The predicted molar refractivity (Wildman–Crippen MR) is 113 cm³/mol. The van der Waals surface area contributed by atoms with Crippen LogP contribution in [0.25, 0.3) is 0 Å². The lowest BCUT2D eigenvalue weighted by Crippen LogP contribution is -2.46. The Bertz CT molecular complexity index is 409. The maximum absolute atomic E-state index is 5.90. The summed E-state index contributed by atoms with van der Waals surface area (Å²) in [5.41, 5.74) is 1.58. The molecule has 0 bridgehead atoms. The minimum absolute atomic E-state index is 0.557. The van der Waals surface area contributed by atoms with Gasteiger partial charge in [-0.1, -0.05) is 6.58 Å². The molecule has 2 aliphatic rings. The lowest BCUT2D eigenvalue weighted by Gasteiger charge is -2.30. The summed E-state index contributed by atoms with van der Waals surface area (Å²) >= 11 is 0. The third kappa shape index (κ3) is 7.96. The van der Waals surface area contributed by atoms with E-state index in [2.05, 4.69) is 6.58 Å². The van der Waals surface area contributed by atoms with Crippen LogP contribution < -0.4 is 0 Å². The molecule has 1 saturated carbocycles. The molecule has 0 aromatic carbocycles. The summed E-state index contributed by atoms with van der Waals surface area (Å²) in [7, 11) is -0.229. The van der Waals surface area contributed by atoms with Gasteiger partial charge in [-0.2, -0.15) is 0 Å². The number of rotatable bonds is 13. The highest BCUT2D eigenvalue weighted by molar-refractivity contribution is 6.66. The van der Waals surface area contributed by atoms with Crippen molar-refractivity contribution in [1.29, 1.82) is 0 Å². The van der Waals surface area contributed by atoms with Crippen LogP contribution in [-0.4, -0.2) is 71.0 Å². The topological polar surface area (TPSA) is 67.9 Å². The van der Waals surface area contributed by atoms with E-state index in [0.29, 0.717) is 32.0 Å². The number of fused-ring (bicyclic) bond motifs is 1. The normalized spacial score (nSPS) is 24.1. The summed E-state index contributed by atoms with van der Waals surface area (Å²) in [6.07, 6.45) is 6.04. The van der Waals surface area contributed by atoms with E-state index in [4.69, 9.17) is 31.3 Å². The first-order valence-corrected chi connectivity index (χ1v) is 14.1. The molecule has 2 fully saturated rings. The Labute approximate surface area is 173 Å². The summed E-state index contributed by atoms with van der Waals surface area (Å²) in [5, 5.41) is 0. The van der Waals surface area contributed by atoms with Crippen LogP contribution in [0.4, 0.5) is 0 Å². The summed E-state index contributed by atoms with van der Waals surface area (Å²) < 4.78 is 38.2. The standard InChI is InChI=1S/C14H28O4Si.C5H12O3Si/c1-4-15-19(16-5-2,17-6-3)10-9-12-7-8-13-14(11-12)18-13;1-5-9(6-2,7-3)8-4/h12-14H,4-11H2,1-3H3;5H,1H2,2-4H3. The highest BCUT2D eigenvalue weighted by atomic mass is 28.4.